The van der Waals surface area contributed by atoms with Gasteiger partial charge < -0.3 is 10.1 Å². The number of carbonyl (C=O) groups is 1. The minimum absolute atomic E-state index is 0.242. The smallest absolute Gasteiger partial charge is 0.275 e. The summed E-state index contributed by atoms with van der Waals surface area (Å²) in [6.45, 7) is 3.73. The predicted molar refractivity (Wildman–Crippen MR) is 78.1 cm³/mol. The molecule has 1 atom stereocenters. The van der Waals surface area contributed by atoms with Gasteiger partial charge in [-0.3, -0.25) is 9.59 Å². The molecule has 0 aliphatic carbocycles. The second kappa shape index (κ2) is 5.05. The second-order valence-corrected chi connectivity index (χ2v) is 4.99. The Hall–Kier alpha value is -2.63. The third-order valence-corrected chi connectivity index (χ3v) is 3.64. The summed E-state index contributed by atoms with van der Waals surface area (Å²) >= 11 is 0. The number of piperidine rings is 1. The highest BCUT2D eigenvalue weighted by molar-refractivity contribution is 5.84. The SMILES string of the molecule is C=C1CCC(n2ncc3cc(OC)ccc3c2=O)C(=O)N1. The molecule has 1 amide bonds. The van der Waals surface area contributed by atoms with Crippen LogP contribution in [0.25, 0.3) is 10.8 Å². The minimum atomic E-state index is -0.588. The summed E-state index contributed by atoms with van der Waals surface area (Å²) in [6.07, 6.45) is 2.75. The van der Waals surface area contributed by atoms with Gasteiger partial charge in [0.25, 0.3) is 5.56 Å². The van der Waals surface area contributed by atoms with Crippen molar-refractivity contribution in [2.24, 2.45) is 0 Å². The lowest BCUT2D eigenvalue weighted by molar-refractivity contribution is -0.125. The zero-order chi connectivity index (χ0) is 15.0. The van der Waals surface area contributed by atoms with E-state index >= 15 is 0 Å². The Morgan fingerprint density at radius 3 is 2.95 bits per heavy atom. The number of methoxy groups -OCH3 is 1. The normalized spacial score (nSPS) is 18.6. The molecule has 1 unspecified atom stereocenters. The van der Waals surface area contributed by atoms with Gasteiger partial charge in [0.2, 0.25) is 5.91 Å². The van der Waals surface area contributed by atoms with Crippen molar-refractivity contribution in [1.29, 1.82) is 0 Å². The van der Waals surface area contributed by atoms with E-state index in [1.54, 1.807) is 31.5 Å². The summed E-state index contributed by atoms with van der Waals surface area (Å²) in [6, 6.07) is 4.57. The third kappa shape index (κ3) is 2.29. The molecule has 2 aromatic rings. The lowest BCUT2D eigenvalue weighted by Gasteiger charge is -2.24. The van der Waals surface area contributed by atoms with E-state index in [0.717, 1.165) is 0 Å². The number of allylic oxidation sites excluding steroid dienone is 1. The number of nitrogens with one attached hydrogen (secondary N) is 1. The molecule has 1 aromatic heterocycles. The van der Waals surface area contributed by atoms with Crippen LogP contribution < -0.4 is 15.6 Å². The average Bonchev–Trinajstić information content (AvgIpc) is 2.48. The van der Waals surface area contributed by atoms with Crippen LogP contribution >= 0.6 is 0 Å². The third-order valence-electron chi connectivity index (χ3n) is 3.64. The van der Waals surface area contributed by atoms with Gasteiger partial charge in [-0.2, -0.15) is 5.10 Å². The van der Waals surface area contributed by atoms with Crippen LogP contribution in [0.1, 0.15) is 18.9 Å². The maximum absolute atomic E-state index is 12.5. The van der Waals surface area contributed by atoms with E-state index in [2.05, 4.69) is 17.0 Å². The van der Waals surface area contributed by atoms with Gasteiger partial charge in [0.05, 0.1) is 18.7 Å². The van der Waals surface area contributed by atoms with E-state index in [4.69, 9.17) is 4.74 Å². The fourth-order valence-corrected chi connectivity index (χ4v) is 2.49. The van der Waals surface area contributed by atoms with Crippen LogP contribution in [0.4, 0.5) is 0 Å². The Kier molecular flexibility index (Phi) is 3.21. The van der Waals surface area contributed by atoms with E-state index < -0.39 is 6.04 Å². The lowest BCUT2D eigenvalue weighted by Crippen LogP contribution is -2.41. The molecule has 1 N–H and O–H groups in total. The molecule has 2 heterocycles. The molecule has 0 radical (unpaired) electrons. The maximum atomic E-state index is 12.5. The molecule has 3 rings (SSSR count). The van der Waals surface area contributed by atoms with Crippen molar-refractivity contribution in [3.63, 3.8) is 0 Å². The summed E-state index contributed by atoms with van der Waals surface area (Å²) in [5.41, 5.74) is 0.401. The molecule has 1 aromatic carbocycles. The van der Waals surface area contributed by atoms with Crippen LogP contribution in [0.5, 0.6) is 5.75 Å². The number of aromatic nitrogens is 2. The van der Waals surface area contributed by atoms with E-state index in [1.165, 1.54) is 4.68 Å². The van der Waals surface area contributed by atoms with Gasteiger partial charge in [-0.15, -0.1) is 0 Å². The number of ether oxygens (including phenoxy) is 1. The molecule has 0 saturated carbocycles. The zero-order valence-corrected chi connectivity index (χ0v) is 11.6. The van der Waals surface area contributed by atoms with Crippen molar-refractivity contribution in [3.8, 4) is 5.75 Å². The molecular formula is C15H15N3O3. The van der Waals surface area contributed by atoms with Gasteiger partial charge in [-0.05, 0) is 31.0 Å². The van der Waals surface area contributed by atoms with Gasteiger partial charge in [-0.1, -0.05) is 6.58 Å². The first kappa shape index (κ1) is 13.4. The summed E-state index contributed by atoms with van der Waals surface area (Å²) in [5.74, 6) is 0.418. The Labute approximate surface area is 121 Å². The number of nitrogens with zero attached hydrogens (tertiary/aromatic N) is 2. The molecule has 1 aliphatic heterocycles. The average molecular weight is 285 g/mol. The first-order valence-corrected chi connectivity index (χ1v) is 6.64. The Morgan fingerprint density at radius 1 is 1.43 bits per heavy atom. The second-order valence-electron chi connectivity index (χ2n) is 4.99. The quantitative estimate of drug-likeness (QED) is 0.904. The predicted octanol–water partition coefficient (Wildman–Crippen LogP) is 1.37. The molecule has 6 heteroatoms. The maximum Gasteiger partial charge on any atom is 0.275 e. The Morgan fingerprint density at radius 2 is 2.24 bits per heavy atom. The molecule has 1 aliphatic rings. The van der Waals surface area contributed by atoms with Gasteiger partial charge in [-0.25, -0.2) is 4.68 Å². The molecule has 6 nitrogen and oxygen atoms in total. The van der Waals surface area contributed by atoms with Crippen molar-refractivity contribution in [3.05, 3.63) is 47.0 Å². The van der Waals surface area contributed by atoms with Crippen molar-refractivity contribution >= 4 is 16.7 Å². The van der Waals surface area contributed by atoms with Crippen LogP contribution in [-0.4, -0.2) is 22.8 Å². The first-order valence-electron chi connectivity index (χ1n) is 6.64. The number of rotatable bonds is 2. The van der Waals surface area contributed by atoms with Crippen molar-refractivity contribution in [2.75, 3.05) is 7.11 Å². The molecule has 1 saturated heterocycles. The number of fused-ring (bicyclic) bond motifs is 1. The number of benzene rings is 1. The standard InChI is InChI=1S/C15H15N3O3/c1-9-3-6-13(14(19)17-9)18-15(20)12-5-4-11(21-2)7-10(12)8-16-18/h4-5,7-8,13H,1,3,6H2,2H3,(H,17,19). The van der Waals surface area contributed by atoms with Crippen molar-refractivity contribution < 1.29 is 9.53 Å². The fourth-order valence-electron chi connectivity index (χ4n) is 2.49. The van der Waals surface area contributed by atoms with Crippen molar-refractivity contribution in [1.82, 2.24) is 15.1 Å². The summed E-state index contributed by atoms with van der Waals surface area (Å²) in [5, 5.41) is 8.01. The fraction of sp³-hybridized carbons (Fsp3) is 0.267. The van der Waals surface area contributed by atoms with E-state index in [0.29, 0.717) is 35.1 Å². The first-order chi connectivity index (χ1) is 10.1. The van der Waals surface area contributed by atoms with Crippen LogP contribution in [0.3, 0.4) is 0 Å². The lowest BCUT2D eigenvalue weighted by atomic mass is 10.0. The summed E-state index contributed by atoms with van der Waals surface area (Å²) < 4.78 is 6.37. The Bertz CT molecular complexity index is 794. The number of carbonyl (C=O) groups excluding carboxylic acids is 1. The highest BCUT2D eigenvalue weighted by Crippen LogP contribution is 2.22. The molecule has 21 heavy (non-hydrogen) atoms. The van der Waals surface area contributed by atoms with E-state index in [1.807, 2.05) is 0 Å². The van der Waals surface area contributed by atoms with Gasteiger partial charge in [0.1, 0.15) is 11.8 Å². The molecule has 1 fully saturated rings. The summed E-state index contributed by atoms with van der Waals surface area (Å²) in [7, 11) is 1.56. The van der Waals surface area contributed by atoms with Crippen LogP contribution in [0, 0.1) is 0 Å². The Balaban J connectivity index is 2.08. The number of hydrogen-bond donors (Lipinski definition) is 1. The minimum Gasteiger partial charge on any atom is -0.497 e. The molecule has 0 bridgehead atoms. The number of amides is 1. The highest BCUT2D eigenvalue weighted by atomic mass is 16.5. The molecule has 0 spiro atoms. The zero-order valence-electron chi connectivity index (χ0n) is 11.6. The van der Waals surface area contributed by atoms with Gasteiger partial charge in [0.15, 0.2) is 0 Å². The van der Waals surface area contributed by atoms with E-state index in [-0.39, 0.29) is 11.5 Å². The number of hydrogen-bond acceptors (Lipinski definition) is 4. The topological polar surface area (TPSA) is 73.2 Å². The van der Waals surface area contributed by atoms with Crippen LogP contribution in [0.2, 0.25) is 0 Å². The molecular weight excluding hydrogens is 270 g/mol. The highest BCUT2D eigenvalue weighted by Gasteiger charge is 2.27. The summed E-state index contributed by atoms with van der Waals surface area (Å²) in [4.78, 5) is 24.5. The van der Waals surface area contributed by atoms with E-state index in [9.17, 15) is 9.59 Å². The monoisotopic (exact) mass is 285 g/mol. The van der Waals surface area contributed by atoms with Crippen LogP contribution in [0.15, 0.2) is 41.5 Å². The van der Waals surface area contributed by atoms with Gasteiger partial charge in [0, 0.05) is 11.1 Å². The van der Waals surface area contributed by atoms with Crippen molar-refractivity contribution in [2.45, 2.75) is 18.9 Å². The van der Waals surface area contributed by atoms with Crippen LogP contribution in [-0.2, 0) is 4.79 Å². The molecule has 108 valence electrons. The van der Waals surface area contributed by atoms with Gasteiger partial charge >= 0.3 is 0 Å². The largest absolute Gasteiger partial charge is 0.497 e.